The number of aliphatic hydroxyl groups excluding tert-OH is 1. The summed E-state index contributed by atoms with van der Waals surface area (Å²) < 4.78 is 68.4. The van der Waals surface area contributed by atoms with E-state index in [1.807, 2.05) is 0 Å². The van der Waals surface area contributed by atoms with Crippen LogP contribution >= 0.6 is 15.6 Å². The van der Waals surface area contributed by atoms with E-state index in [2.05, 4.69) is 48.5 Å². The van der Waals surface area contributed by atoms with Crippen molar-refractivity contribution in [1.82, 2.24) is 0 Å². The third-order valence-electron chi connectivity index (χ3n) is 18.0. The van der Waals surface area contributed by atoms with Crippen LogP contribution in [-0.2, 0) is 65.4 Å². The Morgan fingerprint density at radius 1 is 0.305 bits per heavy atom. The van der Waals surface area contributed by atoms with Gasteiger partial charge in [0.2, 0.25) is 0 Å². The number of unbranched alkanes of at least 4 members (excludes halogenated alkanes) is 41. The van der Waals surface area contributed by atoms with Crippen molar-refractivity contribution in [2.75, 3.05) is 39.6 Å². The molecule has 0 aliphatic carbocycles. The Hall–Kier alpha value is -1.94. The Morgan fingerprint density at radius 2 is 0.537 bits per heavy atom. The lowest BCUT2D eigenvalue weighted by Gasteiger charge is -2.21. The van der Waals surface area contributed by atoms with E-state index in [9.17, 15) is 43.2 Å². The number of esters is 4. The normalized spacial score (nSPS) is 14.4. The third-order valence-corrected chi connectivity index (χ3v) is 19.9. The van der Waals surface area contributed by atoms with Crippen molar-refractivity contribution in [3.63, 3.8) is 0 Å². The molecule has 0 saturated heterocycles. The van der Waals surface area contributed by atoms with Crippen molar-refractivity contribution in [2.24, 2.45) is 17.8 Å². The maximum atomic E-state index is 13.1. The number of carbonyl (C=O) groups is 4. The predicted octanol–water partition coefficient (Wildman–Crippen LogP) is 22.2. The van der Waals surface area contributed by atoms with Crippen LogP contribution in [0.5, 0.6) is 0 Å². The molecule has 0 radical (unpaired) electrons. The molecule has 6 atom stereocenters. The molecule has 3 N–H and O–H groups in total. The maximum Gasteiger partial charge on any atom is 0.472 e. The highest BCUT2D eigenvalue weighted by Gasteiger charge is 2.30. The summed E-state index contributed by atoms with van der Waals surface area (Å²) in [7, 11) is -9.90. The molecule has 0 aromatic rings. The van der Waals surface area contributed by atoms with Crippen molar-refractivity contribution in [2.45, 2.75) is 407 Å². The highest BCUT2D eigenvalue weighted by atomic mass is 31.2. The zero-order valence-corrected chi connectivity index (χ0v) is 63.9. The van der Waals surface area contributed by atoms with Gasteiger partial charge in [-0.15, -0.1) is 0 Å². The van der Waals surface area contributed by atoms with Gasteiger partial charge in [0.05, 0.1) is 26.4 Å². The quantitative estimate of drug-likeness (QED) is 0.0222. The summed E-state index contributed by atoms with van der Waals surface area (Å²) in [6.45, 7) is 11.9. The van der Waals surface area contributed by atoms with Crippen LogP contribution in [0.2, 0.25) is 0 Å². The van der Waals surface area contributed by atoms with Gasteiger partial charge in [-0.1, -0.05) is 337 Å². The average molecular weight is 1400 g/mol. The van der Waals surface area contributed by atoms with Crippen molar-refractivity contribution < 1.29 is 80.2 Å². The van der Waals surface area contributed by atoms with E-state index in [0.29, 0.717) is 25.7 Å². The van der Waals surface area contributed by atoms with Crippen molar-refractivity contribution >= 4 is 39.5 Å². The van der Waals surface area contributed by atoms with Gasteiger partial charge in [0, 0.05) is 25.7 Å². The number of phosphoric ester groups is 2. The Bertz CT molecular complexity index is 1850. The number of hydrogen-bond acceptors (Lipinski definition) is 15. The molecule has 0 bridgehead atoms. The molecule has 0 saturated carbocycles. The first kappa shape index (κ1) is 93.1. The van der Waals surface area contributed by atoms with Crippen molar-refractivity contribution in [1.29, 1.82) is 0 Å². The lowest BCUT2D eigenvalue weighted by Crippen LogP contribution is -2.30. The fourth-order valence-corrected chi connectivity index (χ4v) is 13.1. The summed E-state index contributed by atoms with van der Waals surface area (Å²) >= 11 is 0. The van der Waals surface area contributed by atoms with Crippen LogP contribution < -0.4 is 0 Å². The molecule has 95 heavy (non-hydrogen) atoms. The topological polar surface area (TPSA) is 237 Å². The Labute approximate surface area is 581 Å². The van der Waals surface area contributed by atoms with E-state index >= 15 is 0 Å². The van der Waals surface area contributed by atoms with Crippen LogP contribution in [0.25, 0.3) is 0 Å². The van der Waals surface area contributed by atoms with Crippen LogP contribution in [0.1, 0.15) is 389 Å². The van der Waals surface area contributed by atoms with Crippen molar-refractivity contribution in [3.05, 3.63) is 0 Å². The second kappa shape index (κ2) is 66.6. The standard InChI is InChI=1S/C76H148O17P2/c1-8-10-11-12-33-43-50-57-73(78)86-63-71(93-76(81)60-53-46-39-32-31-35-41-48-55-68(5)6)65-90-94(82,83)88-61-70(77)62-89-95(84,85)91-66-72(64-87-74(79)58-51-44-37-29-25-22-21-23-27-34-40-47-54-67(3)4)92-75(80)59-52-45-38-30-26-20-18-16-14-13-15-17-19-24-28-36-42-49-56-69(7)9-2/h67-72,77H,8-66H2,1-7H3,(H,82,83)(H,84,85)/t69?,70-,71+,72+/m0/s1. The Morgan fingerprint density at radius 3 is 0.800 bits per heavy atom. The van der Waals surface area contributed by atoms with Gasteiger partial charge >= 0.3 is 39.5 Å². The molecular formula is C76H148O17P2. The number of rotatable bonds is 74. The summed E-state index contributed by atoms with van der Waals surface area (Å²) in [4.78, 5) is 72.6. The zero-order chi connectivity index (χ0) is 70.1. The Balaban J connectivity index is 5.16. The van der Waals surface area contributed by atoms with E-state index < -0.39 is 97.5 Å². The highest BCUT2D eigenvalue weighted by molar-refractivity contribution is 7.47. The fraction of sp³-hybridized carbons (Fsp3) is 0.947. The summed E-state index contributed by atoms with van der Waals surface area (Å²) in [5, 5.41) is 10.6. The molecule has 19 heteroatoms. The van der Waals surface area contributed by atoms with Gasteiger partial charge in [0.25, 0.3) is 0 Å². The van der Waals surface area contributed by atoms with Crippen LogP contribution in [-0.4, -0.2) is 96.7 Å². The molecule has 0 aliphatic rings. The lowest BCUT2D eigenvalue weighted by molar-refractivity contribution is -0.161. The minimum atomic E-state index is -4.96. The molecule has 0 heterocycles. The second-order valence-electron chi connectivity index (χ2n) is 28.6. The molecule has 0 aliphatic heterocycles. The first-order chi connectivity index (χ1) is 45.8. The highest BCUT2D eigenvalue weighted by Crippen LogP contribution is 2.45. The molecule has 0 spiro atoms. The second-order valence-corrected chi connectivity index (χ2v) is 31.5. The predicted molar refractivity (Wildman–Crippen MR) is 386 cm³/mol. The number of carbonyl (C=O) groups excluding carboxylic acids is 4. The van der Waals surface area contributed by atoms with Gasteiger partial charge in [-0.3, -0.25) is 37.3 Å². The third kappa shape index (κ3) is 69.0. The van der Waals surface area contributed by atoms with Crippen LogP contribution in [0.15, 0.2) is 0 Å². The molecule has 3 unspecified atom stereocenters. The number of hydrogen-bond donors (Lipinski definition) is 3. The summed E-state index contributed by atoms with van der Waals surface area (Å²) in [5.41, 5.74) is 0. The SMILES string of the molecule is CCCCCCCCCC(=O)OC[C@H](COP(=O)(O)OC[C@H](O)COP(=O)(O)OC[C@@H](COC(=O)CCCCCCCCCCCCCCC(C)C)OC(=O)CCCCCCCCCCCCCCCCCCCCC(C)CC)OC(=O)CCCCCCCCCCC(C)C. The molecule has 17 nitrogen and oxygen atoms in total. The van der Waals surface area contributed by atoms with E-state index in [0.717, 1.165) is 120 Å². The van der Waals surface area contributed by atoms with Crippen LogP contribution in [0.3, 0.4) is 0 Å². The van der Waals surface area contributed by atoms with E-state index in [1.165, 1.54) is 186 Å². The van der Waals surface area contributed by atoms with Gasteiger partial charge < -0.3 is 33.8 Å². The van der Waals surface area contributed by atoms with Gasteiger partial charge in [0.15, 0.2) is 12.2 Å². The smallest absolute Gasteiger partial charge is 0.462 e. The minimum absolute atomic E-state index is 0.104. The molecule has 0 aromatic carbocycles. The van der Waals surface area contributed by atoms with Gasteiger partial charge in [0.1, 0.15) is 19.3 Å². The first-order valence-corrected chi connectivity index (χ1v) is 42.4. The molecule has 0 fully saturated rings. The first-order valence-electron chi connectivity index (χ1n) is 39.4. The minimum Gasteiger partial charge on any atom is -0.462 e. The van der Waals surface area contributed by atoms with E-state index in [4.69, 9.17) is 37.0 Å². The van der Waals surface area contributed by atoms with Gasteiger partial charge in [-0.2, -0.15) is 0 Å². The number of ether oxygens (including phenoxy) is 4. The molecule has 0 rings (SSSR count). The molecular weight excluding hydrogens is 1250 g/mol. The largest absolute Gasteiger partial charge is 0.472 e. The molecule has 0 amide bonds. The summed E-state index contributed by atoms with van der Waals surface area (Å²) in [6.07, 6.45) is 53.0. The zero-order valence-electron chi connectivity index (χ0n) is 62.1. The van der Waals surface area contributed by atoms with Crippen molar-refractivity contribution in [3.8, 4) is 0 Å². The van der Waals surface area contributed by atoms with E-state index in [-0.39, 0.29) is 25.7 Å². The monoisotopic (exact) mass is 1400 g/mol. The maximum absolute atomic E-state index is 13.1. The molecule has 564 valence electrons. The summed E-state index contributed by atoms with van der Waals surface area (Å²) in [6, 6.07) is 0. The average Bonchev–Trinajstić information content (AvgIpc) is 1.26. The lowest BCUT2D eigenvalue weighted by atomic mass is 9.99. The number of phosphoric acid groups is 2. The fourth-order valence-electron chi connectivity index (χ4n) is 11.6. The van der Waals surface area contributed by atoms with Gasteiger partial charge in [-0.05, 0) is 43.4 Å². The van der Waals surface area contributed by atoms with Crippen LogP contribution in [0.4, 0.5) is 0 Å². The Kier molecular flexibility index (Phi) is 65.2. The van der Waals surface area contributed by atoms with E-state index in [1.54, 1.807) is 0 Å². The summed E-state index contributed by atoms with van der Waals surface area (Å²) in [5.74, 6) is 0.247. The van der Waals surface area contributed by atoms with Crippen LogP contribution in [0, 0.1) is 17.8 Å². The molecule has 0 aromatic heterocycles. The van der Waals surface area contributed by atoms with Gasteiger partial charge in [-0.25, -0.2) is 9.13 Å². The number of aliphatic hydroxyl groups is 1.